The molecular weight excluding hydrogens is 208 g/mol. The Labute approximate surface area is 95.5 Å². The van der Waals surface area contributed by atoms with E-state index >= 15 is 0 Å². The van der Waals surface area contributed by atoms with Gasteiger partial charge in [0.15, 0.2) is 0 Å². The molecule has 0 aromatic carbocycles. The zero-order valence-corrected chi connectivity index (χ0v) is 9.52. The number of nitrogens with zero attached hydrogens (tertiary/aromatic N) is 1. The molecule has 0 radical (unpaired) electrons. The SMILES string of the molecule is COCCCOCCOc1cccc(N)n1. The van der Waals surface area contributed by atoms with E-state index in [1.807, 2.05) is 0 Å². The quantitative estimate of drug-likeness (QED) is 0.672. The molecule has 0 fully saturated rings. The number of aromatic nitrogens is 1. The summed E-state index contributed by atoms with van der Waals surface area (Å²) in [7, 11) is 1.68. The van der Waals surface area contributed by atoms with Gasteiger partial charge in [-0.15, -0.1) is 0 Å². The van der Waals surface area contributed by atoms with Crippen LogP contribution in [0.5, 0.6) is 5.88 Å². The van der Waals surface area contributed by atoms with E-state index in [9.17, 15) is 0 Å². The van der Waals surface area contributed by atoms with Crippen LogP contribution in [0.3, 0.4) is 0 Å². The summed E-state index contributed by atoms with van der Waals surface area (Å²) in [5.41, 5.74) is 5.51. The second-order valence-electron chi connectivity index (χ2n) is 3.21. The third-order valence-corrected chi connectivity index (χ3v) is 1.86. The van der Waals surface area contributed by atoms with Crippen LogP contribution in [0.4, 0.5) is 5.82 Å². The van der Waals surface area contributed by atoms with Crippen molar-refractivity contribution in [3.8, 4) is 5.88 Å². The smallest absolute Gasteiger partial charge is 0.215 e. The van der Waals surface area contributed by atoms with Crippen LogP contribution in [-0.2, 0) is 9.47 Å². The number of methoxy groups -OCH3 is 1. The summed E-state index contributed by atoms with van der Waals surface area (Å²) < 4.78 is 15.6. The van der Waals surface area contributed by atoms with Crippen molar-refractivity contribution in [2.24, 2.45) is 0 Å². The van der Waals surface area contributed by atoms with Crippen molar-refractivity contribution in [1.82, 2.24) is 4.98 Å². The Balaban J connectivity index is 2.03. The van der Waals surface area contributed by atoms with Gasteiger partial charge in [-0.25, -0.2) is 0 Å². The summed E-state index contributed by atoms with van der Waals surface area (Å²) in [6.07, 6.45) is 0.896. The largest absolute Gasteiger partial charge is 0.475 e. The van der Waals surface area contributed by atoms with E-state index in [0.717, 1.165) is 13.0 Å². The molecule has 0 saturated heterocycles. The summed E-state index contributed by atoms with van der Waals surface area (Å²) in [6, 6.07) is 5.28. The lowest BCUT2D eigenvalue weighted by atomic mass is 10.4. The highest BCUT2D eigenvalue weighted by Crippen LogP contribution is 2.07. The molecule has 5 heteroatoms. The fraction of sp³-hybridized carbons (Fsp3) is 0.545. The van der Waals surface area contributed by atoms with E-state index in [-0.39, 0.29) is 0 Å². The maximum atomic E-state index is 5.51. The molecular formula is C11H18N2O3. The molecule has 0 unspecified atom stereocenters. The molecule has 0 aliphatic heterocycles. The molecule has 5 nitrogen and oxygen atoms in total. The Morgan fingerprint density at radius 1 is 1.19 bits per heavy atom. The minimum absolute atomic E-state index is 0.457. The Hall–Kier alpha value is -1.33. The van der Waals surface area contributed by atoms with E-state index in [4.69, 9.17) is 19.9 Å². The Bertz CT molecular complexity index is 294. The second-order valence-corrected chi connectivity index (χ2v) is 3.21. The van der Waals surface area contributed by atoms with Crippen molar-refractivity contribution in [3.63, 3.8) is 0 Å². The fourth-order valence-electron chi connectivity index (χ4n) is 1.12. The predicted octanol–water partition coefficient (Wildman–Crippen LogP) is 1.10. The molecule has 0 spiro atoms. The van der Waals surface area contributed by atoms with Crippen LogP contribution in [0.25, 0.3) is 0 Å². The molecule has 90 valence electrons. The van der Waals surface area contributed by atoms with E-state index in [1.165, 1.54) is 0 Å². The molecule has 16 heavy (non-hydrogen) atoms. The van der Waals surface area contributed by atoms with Gasteiger partial charge in [0.25, 0.3) is 0 Å². The van der Waals surface area contributed by atoms with Gasteiger partial charge < -0.3 is 19.9 Å². The highest BCUT2D eigenvalue weighted by molar-refractivity contribution is 5.30. The van der Waals surface area contributed by atoms with Crippen molar-refractivity contribution in [1.29, 1.82) is 0 Å². The average molecular weight is 226 g/mol. The molecule has 2 N–H and O–H groups in total. The number of hydrogen-bond donors (Lipinski definition) is 1. The molecule has 1 aromatic heterocycles. The van der Waals surface area contributed by atoms with E-state index in [1.54, 1.807) is 25.3 Å². The maximum absolute atomic E-state index is 5.51. The molecule has 0 saturated carbocycles. The summed E-state index contributed by atoms with van der Waals surface area (Å²) in [5, 5.41) is 0. The third kappa shape index (κ3) is 5.53. The third-order valence-electron chi connectivity index (χ3n) is 1.86. The van der Waals surface area contributed by atoms with Crippen molar-refractivity contribution in [2.75, 3.05) is 39.3 Å². The first-order valence-corrected chi connectivity index (χ1v) is 5.25. The van der Waals surface area contributed by atoms with Gasteiger partial charge in [-0.05, 0) is 12.5 Å². The van der Waals surface area contributed by atoms with Gasteiger partial charge in [0, 0.05) is 26.4 Å². The lowest BCUT2D eigenvalue weighted by Crippen LogP contribution is -2.09. The second kappa shape index (κ2) is 7.90. The lowest BCUT2D eigenvalue weighted by Gasteiger charge is -2.06. The maximum Gasteiger partial charge on any atom is 0.215 e. The van der Waals surface area contributed by atoms with E-state index < -0.39 is 0 Å². The topological polar surface area (TPSA) is 66.6 Å². The van der Waals surface area contributed by atoms with Crippen LogP contribution in [0.15, 0.2) is 18.2 Å². The van der Waals surface area contributed by atoms with Crippen LogP contribution < -0.4 is 10.5 Å². The Morgan fingerprint density at radius 2 is 2.06 bits per heavy atom. The molecule has 0 bridgehead atoms. The highest BCUT2D eigenvalue weighted by Gasteiger charge is 1.95. The van der Waals surface area contributed by atoms with Crippen molar-refractivity contribution >= 4 is 5.82 Å². The lowest BCUT2D eigenvalue weighted by molar-refractivity contribution is 0.0796. The monoisotopic (exact) mass is 226 g/mol. The van der Waals surface area contributed by atoms with Gasteiger partial charge in [0.05, 0.1) is 6.61 Å². The van der Waals surface area contributed by atoms with Crippen molar-refractivity contribution < 1.29 is 14.2 Å². The molecule has 0 aliphatic rings. The standard InChI is InChI=1S/C11H18N2O3/c1-14-6-3-7-15-8-9-16-11-5-2-4-10(12)13-11/h2,4-5H,3,6-9H2,1H3,(H2,12,13). The highest BCUT2D eigenvalue weighted by atomic mass is 16.5. The van der Waals surface area contributed by atoms with Crippen LogP contribution in [0.1, 0.15) is 6.42 Å². The average Bonchev–Trinajstić information content (AvgIpc) is 2.28. The molecule has 1 aromatic rings. The van der Waals surface area contributed by atoms with Gasteiger partial charge in [-0.1, -0.05) is 6.07 Å². The van der Waals surface area contributed by atoms with Crippen molar-refractivity contribution in [2.45, 2.75) is 6.42 Å². The number of pyridine rings is 1. The number of hydrogen-bond acceptors (Lipinski definition) is 5. The van der Waals surface area contributed by atoms with Gasteiger partial charge in [0.1, 0.15) is 12.4 Å². The summed E-state index contributed by atoms with van der Waals surface area (Å²) in [6.45, 7) is 2.42. The number of rotatable bonds is 8. The van der Waals surface area contributed by atoms with Gasteiger partial charge in [-0.3, -0.25) is 0 Å². The van der Waals surface area contributed by atoms with Crippen LogP contribution in [0.2, 0.25) is 0 Å². The normalized spacial score (nSPS) is 10.3. The predicted molar refractivity (Wildman–Crippen MR) is 61.5 cm³/mol. The van der Waals surface area contributed by atoms with Gasteiger partial charge in [0.2, 0.25) is 5.88 Å². The minimum Gasteiger partial charge on any atom is -0.475 e. The Morgan fingerprint density at radius 3 is 2.81 bits per heavy atom. The zero-order valence-electron chi connectivity index (χ0n) is 9.52. The van der Waals surface area contributed by atoms with E-state index in [2.05, 4.69) is 4.98 Å². The van der Waals surface area contributed by atoms with Crippen LogP contribution >= 0.6 is 0 Å². The molecule has 1 rings (SSSR count). The molecule has 0 amide bonds. The molecule has 0 aliphatic carbocycles. The number of anilines is 1. The summed E-state index contributed by atoms with van der Waals surface area (Å²) >= 11 is 0. The first-order valence-electron chi connectivity index (χ1n) is 5.25. The number of nitrogens with two attached hydrogens (primary N) is 1. The minimum atomic E-state index is 0.457. The van der Waals surface area contributed by atoms with Crippen molar-refractivity contribution in [3.05, 3.63) is 18.2 Å². The van der Waals surface area contributed by atoms with Crippen LogP contribution in [0, 0.1) is 0 Å². The first-order chi connectivity index (χ1) is 7.83. The van der Waals surface area contributed by atoms with Crippen LogP contribution in [-0.4, -0.2) is 38.5 Å². The van der Waals surface area contributed by atoms with Gasteiger partial charge >= 0.3 is 0 Å². The van der Waals surface area contributed by atoms with E-state index in [0.29, 0.717) is 31.5 Å². The zero-order chi connectivity index (χ0) is 11.6. The number of ether oxygens (including phenoxy) is 3. The first kappa shape index (κ1) is 12.7. The molecule has 0 atom stereocenters. The fourth-order valence-corrected chi connectivity index (χ4v) is 1.12. The number of nitrogen functional groups attached to an aromatic ring is 1. The summed E-state index contributed by atoms with van der Waals surface area (Å²) in [5.74, 6) is 0.985. The van der Waals surface area contributed by atoms with Gasteiger partial charge in [-0.2, -0.15) is 4.98 Å². The summed E-state index contributed by atoms with van der Waals surface area (Å²) in [4.78, 5) is 4.00. The Kier molecular flexibility index (Phi) is 6.29. The molecule has 1 heterocycles.